The fourth-order valence-corrected chi connectivity index (χ4v) is 4.61. The summed E-state index contributed by atoms with van der Waals surface area (Å²) in [7, 11) is -1.52. The lowest BCUT2D eigenvalue weighted by Gasteiger charge is -2.17. The van der Waals surface area contributed by atoms with Crippen LogP contribution < -0.4 is 9.62 Å². The molecule has 1 N–H and O–H groups in total. The van der Waals surface area contributed by atoms with Crippen molar-refractivity contribution in [3.05, 3.63) is 59.7 Å². The lowest BCUT2D eigenvalue weighted by molar-refractivity contribution is -0.116. The Morgan fingerprint density at radius 1 is 1.18 bits per heavy atom. The Morgan fingerprint density at radius 3 is 2.64 bits per heavy atom. The van der Waals surface area contributed by atoms with E-state index in [1.165, 1.54) is 12.5 Å². The number of amides is 1. The minimum Gasteiger partial charge on any atom is -0.312 e. The molecular weight excluding hydrogens is 374 g/mol. The summed E-state index contributed by atoms with van der Waals surface area (Å²) in [6, 6.07) is 15.2. The highest BCUT2D eigenvalue weighted by Gasteiger charge is 2.24. The molecule has 7 heteroatoms. The lowest BCUT2D eigenvalue weighted by atomic mass is 10.2. The van der Waals surface area contributed by atoms with Gasteiger partial charge in [0.2, 0.25) is 15.9 Å². The number of carbonyl (C=O) groups is 1. The van der Waals surface area contributed by atoms with Crippen molar-refractivity contribution < 1.29 is 13.2 Å². The number of rotatable bonds is 8. The van der Waals surface area contributed by atoms with Gasteiger partial charge in [0.15, 0.2) is 0 Å². The van der Waals surface area contributed by atoms with Gasteiger partial charge in [-0.15, -0.1) is 0 Å². The summed E-state index contributed by atoms with van der Waals surface area (Å²) >= 11 is 0. The number of nitrogens with one attached hydrogen (secondary N) is 1. The van der Waals surface area contributed by atoms with E-state index in [1.54, 1.807) is 23.1 Å². The monoisotopic (exact) mass is 401 g/mol. The van der Waals surface area contributed by atoms with Crippen molar-refractivity contribution in [2.75, 3.05) is 31.6 Å². The number of sulfonamides is 1. The number of carbonyl (C=O) groups excluding carboxylic acids is 1. The molecule has 2 aromatic carbocycles. The summed E-state index contributed by atoms with van der Waals surface area (Å²) < 4.78 is 27.8. The van der Waals surface area contributed by atoms with E-state index in [4.69, 9.17) is 0 Å². The molecule has 0 atom stereocenters. The molecule has 0 fully saturated rings. The van der Waals surface area contributed by atoms with Crippen molar-refractivity contribution in [1.82, 2.24) is 9.62 Å². The molecule has 2 aromatic rings. The summed E-state index contributed by atoms with van der Waals surface area (Å²) in [5.74, 6) is -0.0212. The maximum atomic E-state index is 12.6. The Labute approximate surface area is 167 Å². The van der Waals surface area contributed by atoms with Gasteiger partial charge in [-0.05, 0) is 55.8 Å². The van der Waals surface area contributed by atoms with Crippen LogP contribution in [0, 0.1) is 0 Å². The maximum Gasteiger partial charge on any atom is 0.240 e. The summed E-state index contributed by atoms with van der Waals surface area (Å²) in [6.45, 7) is 4.16. The van der Waals surface area contributed by atoms with Crippen LogP contribution in [-0.2, 0) is 27.8 Å². The third-order valence-electron chi connectivity index (χ3n) is 4.94. The molecule has 1 heterocycles. The van der Waals surface area contributed by atoms with Gasteiger partial charge < -0.3 is 9.80 Å². The largest absolute Gasteiger partial charge is 0.312 e. The Hall–Kier alpha value is -2.22. The topological polar surface area (TPSA) is 69.7 Å². The van der Waals surface area contributed by atoms with E-state index in [2.05, 4.69) is 21.8 Å². The predicted molar refractivity (Wildman–Crippen MR) is 111 cm³/mol. The van der Waals surface area contributed by atoms with Crippen molar-refractivity contribution in [2.24, 2.45) is 0 Å². The summed E-state index contributed by atoms with van der Waals surface area (Å²) in [4.78, 5) is 15.7. The van der Waals surface area contributed by atoms with Crippen LogP contribution in [0.2, 0.25) is 0 Å². The minimum atomic E-state index is -3.55. The van der Waals surface area contributed by atoms with E-state index in [0.717, 1.165) is 30.8 Å². The Bertz CT molecular complexity index is 929. The predicted octanol–water partition coefficient (Wildman–Crippen LogP) is 2.40. The molecule has 0 spiro atoms. The zero-order valence-corrected chi connectivity index (χ0v) is 17.2. The maximum absolute atomic E-state index is 12.6. The van der Waals surface area contributed by atoms with E-state index < -0.39 is 10.0 Å². The first kappa shape index (κ1) is 20.5. The second kappa shape index (κ2) is 8.86. The van der Waals surface area contributed by atoms with Crippen LogP contribution in [0.4, 0.5) is 5.69 Å². The van der Waals surface area contributed by atoms with Crippen molar-refractivity contribution in [3.63, 3.8) is 0 Å². The average molecular weight is 402 g/mol. The third kappa shape index (κ3) is 4.98. The van der Waals surface area contributed by atoms with E-state index in [-0.39, 0.29) is 10.8 Å². The fraction of sp³-hybridized carbons (Fsp3) is 0.381. The van der Waals surface area contributed by atoms with Crippen LogP contribution in [0.15, 0.2) is 53.4 Å². The van der Waals surface area contributed by atoms with E-state index in [9.17, 15) is 13.2 Å². The third-order valence-corrected chi connectivity index (χ3v) is 6.40. The molecule has 0 radical (unpaired) electrons. The zero-order valence-electron chi connectivity index (χ0n) is 16.4. The second-order valence-corrected chi connectivity index (χ2v) is 8.95. The molecular formula is C21H27N3O3S. The van der Waals surface area contributed by atoms with Crippen molar-refractivity contribution in [3.8, 4) is 0 Å². The summed E-state index contributed by atoms with van der Waals surface area (Å²) in [5, 5.41) is 0. The highest BCUT2D eigenvalue weighted by Crippen LogP contribution is 2.30. The van der Waals surface area contributed by atoms with Crippen LogP contribution in [0.3, 0.4) is 0 Å². The van der Waals surface area contributed by atoms with Gasteiger partial charge in [0.25, 0.3) is 0 Å². The van der Waals surface area contributed by atoms with Gasteiger partial charge in [-0.1, -0.05) is 30.3 Å². The van der Waals surface area contributed by atoms with Gasteiger partial charge in [0, 0.05) is 32.2 Å². The Balaban J connectivity index is 1.51. The Morgan fingerprint density at radius 2 is 1.93 bits per heavy atom. The lowest BCUT2D eigenvalue weighted by Crippen LogP contribution is -2.28. The van der Waals surface area contributed by atoms with Crippen LogP contribution in [0.5, 0.6) is 0 Å². The summed E-state index contributed by atoms with van der Waals surface area (Å²) in [5.41, 5.74) is 2.96. The highest BCUT2D eigenvalue weighted by molar-refractivity contribution is 7.89. The van der Waals surface area contributed by atoms with Gasteiger partial charge in [-0.2, -0.15) is 0 Å². The molecule has 0 saturated carbocycles. The average Bonchev–Trinajstić information content (AvgIpc) is 3.09. The van der Waals surface area contributed by atoms with Gasteiger partial charge in [-0.25, -0.2) is 13.1 Å². The SMILES string of the molecule is CC(=O)N1CCc2cc(S(=O)(=O)NCCCN(C)Cc3ccccc3)ccc21. The first-order valence-electron chi connectivity index (χ1n) is 9.50. The minimum absolute atomic E-state index is 0.0212. The molecule has 0 bridgehead atoms. The molecule has 1 aliphatic heterocycles. The normalized spacial score (nSPS) is 13.8. The number of hydrogen-bond donors (Lipinski definition) is 1. The van der Waals surface area contributed by atoms with Crippen LogP contribution in [-0.4, -0.2) is 45.9 Å². The smallest absolute Gasteiger partial charge is 0.240 e. The van der Waals surface area contributed by atoms with E-state index in [1.807, 2.05) is 25.2 Å². The molecule has 1 amide bonds. The summed E-state index contributed by atoms with van der Waals surface area (Å²) in [6.07, 6.45) is 1.41. The molecule has 1 aliphatic rings. The number of hydrogen-bond acceptors (Lipinski definition) is 4. The molecule has 0 aromatic heterocycles. The first-order chi connectivity index (χ1) is 13.4. The molecule has 0 saturated heterocycles. The molecule has 6 nitrogen and oxygen atoms in total. The quantitative estimate of drug-likeness (QED) is 0.690. The fourth-order valence-electron chi connectivity index (χ4n) is 3.49. The first-order valence-corrected chi connectivity index (χ1v) is 11.0. The van der Waals surface area contributed by atoms with Crippen molar-refractivity contribution in [1.29, 1.82) is 0 Å². The second-order valence-electron chi connectivity index (χ2n) is 7.19. The van der Waals surface area contributed by atoms with E-state index >= 15 is 0 Å². The highest BCUT2D eigenvalue weighted by atomic mass is 32.2. The van der Waals surface area contributed by atoms with Gasteiger partial charge in [0.1, 0.15) is 0 Å². The zero-order chi connectivity index (χ0) is 20.1. The van der Waals surface area contributed by atoms with Crippen molar-refractivity contribution >= 4 is 21.6 Å². The van der Waals surface area contributed by atoms with Crippen molar-refractivity contribution in [2.45, 2.75) is 31.2 Å². The molecule has 3 rings (SSSR count). The molecule has 150 valence electrons. The number of anilines is 1. The van der Waals surface area contributed by atoms with Crippen LogP contribution in [0.25, 0.3) is 0 Å². The Kier molecular flexibility index (Phi) is 6.49. The standard InChI is InChI=1S/C21H27N3O3S/c1-17(25)24-14-11-19-15-20(9-10-21(19)24)28(26,27)22-12-6-13-23(2)16-18-7-4-3-5-8-18/h3-5,7-10,15,22H,6,11-14,16H2,1-2H3. The van der Waals surface area contributed by atoms with Gasteiger partial charge >= 0.3 is 0 Å². The molecule has 28 heavy (non-hydrogen) atoms. The van der Waals surface area contributed by atoms with Gasteiger partial charge in [0.05, 0.1) is 4.90 Å². The van der Waals surface area contributed by atoms with Crippen LogP contribution in [0.1, 0.15) is 24.5 Å². The molecule has 0 aliphatic carbocycles. The number of fused-ring (bicyclic) bond motifs is 1. The number of nitrogens with zero attached hydrogens (tertiary/aromatic N) is 2. The van der Waals surface area contributed by atoms with Crippen LogP contribution >= 0.6 is 0 Å². The number of benzene rings is 2. The van der Waals surface area contributed by atoms with Gasteiger partial charge in [-0.3, -0.25) is 4.79 Å². The van der Waals surface area contributed by atoms with E-state index in [0.29, 0.717) is 19.5 Å². The molecule has 0 unspecified atom stereocenters.